The van der Waals surface area contributed by atoms with E-state index >= 15 is 0 Å². The second kappa shape index (κ2) is 4.26. The molecule has 0 atom stereocenters. The molecule has 5 heteroatoms. The highest BCUT2D eigenvalue weighted by molar-refractivity contribution is 14.1. The van der Waals surface area contributed by atoms with Gasteiger partial charge in [-0.25, -0.2) is 0 Å². The second-order valence-electron chi connectivity index (χ2n) is 2.01. The molecule has 1 nitrogen and oxygen atoms in total. The number of aldehydes is 1. The van der Waals surface area contributed by atoms with Crippen LogP contribution in [-0.4, -0.2) is 6.29 Å². The first-order valence-electron chi connectivity index (χ1n) is 2.86. The summed E-state index contributed by atoms with van der Waals surface area (Å²) in [4.78, 5) is 10.5. The summed E-state index contributed by atoms with van der Waals surface area (Å²) in [6, 6.07) is 1.64. The molecule has 0 spiro atoms. The van der Waals surface area contributed by atoms with Crippen LogP contribution >= 0.6 is 61.7 Å². The minimum absolute atomic E-state index is 0.357. The molecule has 0 radical (unpaired) electrons. The molecule has 0 saturated carbocycles. The van der Waals surface area contributed by atoms with Gasteiger partial charge in [0.15, 0.2) is 6.29 Å². The van der Waals surface area contributed by atoms with Crippen molar-refractivity contribution in [3.05, 3.63) is 29.7 Å². The highest BCUT2D eigenvalue weighted by atomic mass is 127. The third kappa shape index (κ3) is 1.95. The van der Waals surface area contributed by atoms with Crippen LogP contribution in [-0.2, 0) is 0 Å². The summed E-state index contributed by atoms with van der Waals surface area (Å²) in [6.07, 6.45) is 0.700. The normalized spacial score (nSPS) is 10.0. The molecule has 0 saturated heterocycles. The van der Waals surface area contributed by atoms with Gasteiger partial charge in [-0.15, -0.1) is 0 Å². The third-order valence-corrected chi connectivity index (χ3v) is 4.48. The van der Waals surface area contributed by atoms with Gasteiger partial charge in [0.25, 0.3) is 0 Å². The van der Waals surface area contributed by atoms with Crippen LogP contribution in [0.4, 0.5) is 0 Å². The average Bonchev–Trinajstić information content (AvgIpc) is 2.08. The summed E-state index contributed by atoms with van der Waals surface area (Å²) in [7, 11) is 0. The van der Waals surface area contributed by atoms with Crippen LogP contribution in [0.5, 0.6) is 0 Å². The summed E-state index contributed by atoms with van der Waals surface area (Å²) in [5.74, 6) is 0. The first kappa shape index (κ1) is 10.8. The maximum absolute atomic E-state index is 10.5. The molecule has 1 rings (SSSR count). The monoisotopic (exact) mass is 378 g/mol. The van der Waals surface area contributed by atoms with E-state index in [1.165, 1.54) is 0 Å². The summed E-state index contributed by atoms with van der Waals surface area (Å²) in [5, 5.41) is 0.890. The van der Waals surface area contributed by atoms with Gasteiger partial charge in [0.1, 0.15) is 0 Å². The Morgan fingerprint density at radius 1 is 1.42 bits per heavy atom. The lowest BCUT2D eigenvalue weighted by Crippen LogP contribution is -1.87. The van der Waals surface area contributed by atoms with Crippen molar-refractivity contribution in [2.24, 2.45) is 0 Å². The van der Waals surface area contributed by atoms with Crippen molar-refractivity contribution in [1.82, 2.24) is 0 Å². The lowest BCUT2D eigenvalue weighted by atomic mass is 10.2. The molecule has 12 heavy (non-hydrogen) atoms. The van der Waals surface area contributed by atoms with Crippen molar-refractivity contribution in [2.45, 2.75) is 0 Å². The zero-order valence-electron chi connectivity index (χ0n) is 5.57. The van der Waals surface area contributed by atoms with E-state index in [4.69, 9.17) is 23.2 Å². The maximum atomic E-state index is 10.5. The molecule has 0 heterocycles. The molecule has 1 aromatic carbocycles. The molecule has 0 aliphatic rings. The van der Waals surface area contributed by atoms with E-state index in [0.717, 1.165) is 3.57 Å². The number of hydrogen-bond donors (Lipinski definition) is 0. The van der Waals surface area contributed by atoms with Crippen molar-refractivity contribution < 1.29 is 4.79 Å². The van der Waals surface area contributed by atoms with Crippen LogP contribution in [0.25, 0.3) is 0 Å². The van der Waals surface area contributed by atoms with E-state index in [-0.39, 0.29) is 0 Å². The van der Waals surface area contributed by atoms with E-state index in [2.05, 4.69) is 15.9 Å². The van der Waals surface area contributed by atoms with Gasteiger partial charge in [-0.2, -0.15) is 0 Å². The van der Waals surface area contributed by atoms with Crippen molar-refractivity contribution in [2.75, 3.05) is 0 Å². The topological polar surface area (TPSA) is 17.1 Å². The number of halogens is 4. The number of benzene rings is 1. The molecule has 0 aromatic heterocycles. The fourth-order valence-corrected chi connectivity index (χ4v) is 2.49. The maximum Gasteiger partial charge on any atom is 0.151 e. The Bertz CT molecular complexity index is 341. The largest absolute Gasteiger partial charge is 0.298 e. The smallest absolute Gasteiger partial charge is 0.151 e. The quantitative estimate of drug-likeness (QED) is 0.310. The Kier molecular flexibility index (Phi) is 3.82. The van der Waals surface area contributed by atoms with E-state index in [1.807, 2.05) is 22.6 Å². The van der Waals surface area contributed by atoms with Crippen LogP contribution in [0.3, 0.4) is 0 Å². The van der Waals surface area contributed by atoms with Crippen LogP contribution in [0.15, 0.2) is 10.5 Å². The molecule has 0 fully saturated rings. The molecule has 0 aliphatic heterocycles. The molecule has 0 N–H and O–H groups in total. The van der Waals surface area contributed by atoms with Gasteiger partial charge in [0.2, 0.25) is 0 Å². The fraction of sp³-hybridized carbons (Fsp3) is 0. The molecule has 0 amide bonds. The number of hydrogen-bond acceptors (Lipinski definition) is 1. The van der Waals surface area contributed by atoms with Crippen LogP contribution in [0.2, 0.25) is 10.0 Å². The first-order valence-corrected chi connectivity index (χ1v) is 5.49. The molecule has 64 valence electrons. The van der Waals surface area contributed by atoms with Gasteiger partial charge in [0.05, 0.1) is 14.5 Å². The molecule has 0 aliphatic carbocycles. The predicted molar refractivity (Wildman–Crippen MR) is 62.3 cm³/mol. The average molecular weight is 380 g/mol. The van der Waals surface area contributed by atoms with Crippen molar-refractivity contribution in [3.8, 4) is 0 Å². The molecular weight excluding hydrogens is 378 g/mol. The Morgan fingerprint density at radius 3 is 2.50 bits per heavy atom. The molecular formula is C7H2BrCl2IO. The van der Waals surface area contributed by atoms with Crippen molar-refractivity contribution >= 4 is 68.0 Å². The minimum atomic E-state index is 0.357. The van der Waals surface area contributed by atoms with E-state index in [9.17, 15) is 4.79 Å². The highest BCUT2D eigenvalue weighted by Crippen LogP contribution is 2.35. The molecule has 0 unspecified atom stereocenters. The highest BCUT2D eigenvalue weighted by Gasteiger charge is 2.11. The van der Waals surface area contributed by atoms with Crippen LogP contribution < -0.4 is 0 Å². The number of carbonyl (C=O) groups excluding carboxylic acids is 1. The lowest BCUT2D eigenvalue weighted by Gasteiger charge is -2.03. The Balaban J connectivity index is 3.49. The van der Waals surface area contributed by atoms with Gasteiger partial charge in [-0.3, -0.25) is 4.79 Å². The van der Waals surface area contributed by atoms with Crippen molar-refractivity contribution in [3.63, 3.8) is 0 Å². The Labute approximate surface area is 102 Å². The Hall–Kier alpha value is 0.680. The van der Waals surface area contributed by atoms with Gasteiger partial charge < -0.3 is 0 Å². The number of carbonyl (C=O) groups is 1. The first-order chi connectivity index (χ1) is 5.57. The standard InChI is InChI=1S/C7H2BrCl2IO/c8-5-6(9)3(2-12)1-4(11)7(5)10/h1-2H. The van der Waals surface area contributed by atoms with E-state index in [0.29, 0.717) is 26.4 Å². The summed E-state index contributed by atoms with van der Waals surface area (Å²) >= 11 is 16.9. The van der Waals surface area contributed by atoms with Gasteiger partial charge in [0, 0.05) is 9.13 Å². The summed E-state index contributed by atoms with van der Waals surface area (Å²) in [5.41, 5.74) is 0.442. The SMILES string of the molecule is O=Cc1cc(I)c(Cl)c(Br)c1Cl. The Morgan fingerprint density at radius 2 is 2.00 bits per heavy atom. The lowest BCUT2D eigenvalue weighted by molar-refractivity contribution is 0.112. The minimum Gasteiger partial charge on any atom is -0.298 e. The zero-order valence-corrected chi connectivity index (χ0v) is 10.8. The van der Waals surface area contributed by atoms with Crippen LogP contribution in [0, 0.1) is 3.57 Å². The fourth-order valence-electron chi connectivity index (χ4n) is 0.677. The number of rotatable bonds is 1. The zero-order chi connectivity index (χ0) is 9.30. The summed E-state index contributed by atoms with van der Waals surface area (Å²) < 4.78 is 1.37. The molecule has 1 aromatic rings. The van der Waals surface area contributed by atoms with Crippen LogP contribution in [0.1, 0.15) is 10.4 Å². The van der Waals surface area contributed by atoms with E-state index < -0.39 is 0 Å². The second-order valence-corrected chi connectivity index (χ2v) is 4.72. The van der Waals surface area contributed by atoms with Crippen molar-refractivity contribution in [1.29, 1.82) is 0 Å². The predicted octanol–water partition coefficient (Wildman–Crippen LogP) is 4.17. The summed E-state index contributed by atoms with van der Waals surface area (Å²) in [6.45, 7) is 0. The van der Waals surface area contributed by atoms with Gasteiger partial charge in [-0.1, -0.05) is 23.2 Å². The third-order valence-electron chi connectivity index (χ3n) is 1.26. The molecule has 0 bridgehead atoms. The van der Waals surface area contributed by atoms with Gasteiger partial charge >= 0.3 is 0 Å². The van der Waals surface area contributed by atoms with Gasteiger partial charge in [-0.05, 0) is 44.6 Å². The van der Waals surface area contributed by atoms with E-state index in [1.54, 1.807) is 6.07 Å².